The molecule has 1 aliphatic rings. The van der Waals surface area contributed by atoms with E-state index in [0.717, 1.165) is 4.90 Å². The van der Waals surface area contributed by atoms with Crippen LogP contribution >= 0.6 is 0 Å². The highest BCUT2D eigenvalue weighted by atomic mass is 16.5. The molecule has 0 radical (unpaired) electrons. The number of amides is 2. The lowest BCUT2D eigenvalue weighted by molar-refractivity contribution is -0.119. The van der Waals surface area contributed by atoms with Crippen molar-refractivity contribution in [2.45, 2.75) is 6.92 Å². The third kappa shape index (κ3) is 2.88. The van der Waals surface area contributed by atoms with Crippen LogP contribution in [0.3, 0.4) is 0 Å². The third-order valence-electron chi connectivity index (χ3n) is 3.73. The van der Waals surface area contributed by atoms with Gasteiger partial charge in [0, 0.05) is 6.08 Å². The van der Waals surface area contributed by atoms with Gasteiger partial charge in [0.1, 0.15) is 11.5 Å². The minimum atomic E-state index is -0.352. The fourth-order valence-corrected chi connectivity index (χ4v) is 2.55. The van der Waals surface area contributed by atoms with E-state index in [1.165, 1.54) is 6.08 Å². The molecule has 122 valence electrons. The monoisotopic (exact) mass is 323 g/mol. The molecular formula is C19H17NO4. The molecule has 5 heteroatoms. The topological polar surface area (TPSA) is 55.8 Å². The summed E-state index contributed by atoms with van der Waals surface area (Å²) in [7, 11) is 1.58. The smallest absolute Gasteiger partial charge is 0.266 e. The van der Waals surface area contributed by atoms with Gasteiger partial charge in [0.05, 0.1) is 25.0 Å². The van der Waals surface area contributed by atoms with Crippen LogP contribution in [-0.2, 0) is 9.59 Å². The average molecular weight is 323 g/mol. The highest BCUT2D eigenvalue weighted by Crippen LogP contribution is 2.30. The fourth-order valence-electron chi connectivity index (χ4n) is 2.55. The predicted octanol–water partition coefficient (Wildman–Crippen LogP) is 3.05. The second-order valence-electron chi connectivity index (χ2n) is 5.19. The molecule has 2 aromatic rings. The first-order chi connectivity index (χ1) is 11.6. The van der Waals surface area contributed by atoms with E-state index in [1.807, 2.05) is 6.92 Å². The van der Waals surface area contributed by atoms with Gasteiger partial charge in [0.15, 0.2) is 0 Å². The lowest BCUT2D eigenvalue weighted by atomic mass is 10.1. The number of imide groups is 1. The van der Waals surface area contributed by atoms with E-state index in [2.05, 4.69) is 0 Å². The van der Waals surface area contributed by atoms with Gasteiger partial charge in [-0.05, 0) is 48.9 Å². The molecule has 0 bridgehead atoms. The zero-order chi connectivity index (χ0) is 17.1. The van der Waals surface area contributed by atoms with Crippen molar-refractivity contribution < 1.29 is 19.1 Å². The Labute approximate surface area is 140 Å². The van der Waals surface area contributed by atoms with Crippen LogP contribution in [0, 0.1) is 0 Å². The number of ether oxygens (including phenoxy) is 2. The summed E-state index contributed by atoms with van der Waals surface area (Å²) in [6, 6.07) is 13.9. The lowest BCUT2D eigenvalue weighted by Crippen LogP contribution is -2.30. The first-order valence-electron chi connectivity index (χ1n) is 7.61. The van der Waals surface area contributed by atoms with Crippen molar-refractivity contribution in [3.63, 3.8) is 0 Å². The second kappa shape index (κ2) is 6.58. The van der Waals surface area contributed by atoms with Crippen molar-refractivity contribution in [3.8, 4) is 11.5 Å². The summed E-state index contributed by atoms with van der Waals surface area (Å²) in [6.07, 6.45) is 1.36. The molecule has 0 saturated heterocycles. The van der Waals surface area contributed by atoms with Crippen molar-refractivity contribution in [2.24, 2.45) is 0 Å². The van der Waals surface area contributed by atoms with Crippen molar-refractivity contribution in [1.29, 1.82) is 0 Å². The number of carbonyl (C=O) groups excluding carboxylic acids is 2. The quantitative estimate of drug-likeness (QED) is 0.794. The Kier molecular flexibility index (Phi) is 4.33. The van der Waals surface area contributed by atoms with Gasteiger partial charge < -0.3 is 9.47 Å². The molecule has 0 aromatic heterocycles. The highest BCUT2D eigenvalue weighted by Gasteiger charge is 2.32. The van der Waals surface area contributed by atoms with Gasteiger partial charge in [0.2, 0.25) is 0 Å². The van der Waals surface area contributed by atoms with E-state index in [-0.39, 0.29) is 11.8 Å². The summed E-state index contributed by atoms with van der Waals surface area (Å²) < 4.78 is 10.5. The maximum Gasteiger partial charge on any atom is 0.266 e. The van der Waals surface area contributed by atoms with Crippen LogP contribution < -0.4 is 14.4 Å². The number of hydrogen-bond donors (Lipinski definition) is 0. The molecular weight excluding hydrogens is 306 g/mol. The van der Waals surface area contributed by atoms with E-state index < -0.39 is 0 Å². The summed E-state index contributed by atoms with van der Waals surface area (Å²) >= 11 is 0. The molecule has 1 heterocycles. The molecule has 2 aromatic carbocycles. The van der Waals surface area contributed by atoms with E-state index in [0.29, 0.717) is 34.9 Å². The Morgan fingerprint density at radius 2 is 1.54 bits per heavy atom. The maximum atomic E-state index is 12.7. The molecule has 0 fully saturated rings. The third-order valence-corrected chi connectivity index (χ3v) is 3.73. The average Bonchev–Trinajstić information content (AvgIpc) is 2.91. The first-order valence-corrected chi connectivity index (χ1v) is 7.61. The van der Waals surface area contributed by atoms with Crippen molar-refractivity contribution >= 4 is 23.1 Å². The Balaban J connectivity index is 1.85. The fraction of sp³-hybridized carbons (Fsp3) is 0.158. The minimum Gasteiger partial charge on any atom is -0.497 e. The Hall–Kier alpha value is -3.08. The second-order valence-corrected chi connectivity index (χ2v) is 5.19. The molecule has 24 heavy (non-hydrogen) atoms. The number of anilines is 1. The SMILES string of the molecule is CCOc1ccc(N2C(=O)C=C(c3ccc(OC)cc3)C2=O)cc1. The van der Waals surface area contributed by atoms with Gasteiger partial charge in [0.25, 0.3) is 11.8 Å². The van der Waals surface area contributed by atoms with Crippen molar-refractivity contribution in [1.82, 2.24) is 0 Å². The molecule has 2 amide bonds. The number of hydrogen-bond acceptors (Lipinski definition) is 4. The Bertz CT molecular complexity index is 791. The largest absolute Gasteiger partial charge is 0.497 e. The number of methoxy groups -OCH3 is 1. The van der Waals surface area contributed by atoms with Gasteiger partial charge in [-0.2, -0.15) is 0 Å². The van der Waals surface area contributed by atoms with Crippen LogP contribution in [0.4, 0.5) is 5.69 Å². The van der Waals surface area contributed by atoms with Crippen LogP contribution in [0.1, 0.15) is 12.5 Å². The van der Waals surface area contributed by atoms with Gasteiger partial charge in [-0.3, -0.25) is 9.59 Å². The molecule has 0 N–H and O–H groups in total. The maximum absolute atomic E-state index is 12.7. The van der Waals surface area contributed by atoms with Crippen molar-refractivity contribution in [3.05, 3.63) is 60.2 Å². The molecule has 0 saturated carbocycles. The Morgan fingerprint density at radius 3 is 2.12 bits per heavy atom. The zero-order valence-corrected chi connectivity index (χ0v) is 13.5. The standard InChI is InChI=1S/C19H17NO4/c1-3-24-16-10-6-14(7-11-16)20-18(21)12-17(19(20)22)13-4-8-15(23-2)9-5-13/h4-12H,3H2,1-2H3. The van der Waals surface area contributed by atoms with Gasteiger partial charge in [-0.25, -0.2) is 4.90 Å². The molecule has 1 aliphatic heterocycles. The normalized spacial score (nSPS) is 13.9. The van der Waals surface area contributed by atoms with Crippen LogP contribution in [0.5, 0.6) is 11.5 Å². The molecule has 5 nitrogen and oxygen atoms in total. The van der Waals surface area contributed by atoms with Gasteiger partial charge >= 0.3 is 0 Å². The highest BCUT2D eigenvalue weighted by molar-refractivity contribution is 6.43. The number of nitrogens with zero attached hydrogens (tertiary/aromatic N) is 1. The van der Waals surface area contributed by atoms with E-state index >= 15 is 0 Å². The summed E-state index contributed by atoms with van der Waals surface area (Å²) in [5, 5.41) is 0. The first kappa shape index (κ1) is 15.8. The van der Waals surface area contributed by atoms with Crippen LogP contribution in [-0.4, -0.2) is 25.5 Å². The van der Waals surface area contributed by atoms with Gasteiger partial charge in [-0.1, -0.05) is 12.1 Å². The van der Waals surface area contributed by atoms with Crippen molar-refractivity contribution in [2.75, 3.05) is 18.6 Å². The van der Waals surface area contributed by atoms with Crippen LogP contribution in [0.25, 0.3) is 5.57 Å². The molecule has 3 rings (SSSR count). The van der Waals surface area contributed by atoms with Crippen LogP contribution in [0.2, 0.25) is 0 Å². The van der Waals surface area contributed by atoms with E-state index in [4.69, 9.17) is 9.47 Å². The molecule has 0 atom stereocenters. The lowest BCUT2D eigenvalue weighted by Gasteiger charge is -2.15. The number of benzene rings is 2. The Morgan fingerprint density at radius 1 is 0.917 bits per heavy atom. The summed E-state index contributed by atoms with van der Waals surface area (Å²) in [6.45, 7) is 2.45. The minimum absolute atomic E-state index is 0.339. The predicted molar refractivity (Wildman–Crippen MR) is 91.1 cm³/mol. The molecule has 0 spiro atoms. The number of rotatable bonds is 5. The number of carbonyl (C=O) groups is 2. The van der Waals surface area contributed by atoms with Gasteiger partial charge in [-0.15, -0.1) is 0 Å². The van der Waals surface area contributed by atoms with E-state index in [9.17, 15) is 9.59 Å². The molecule has 0 unspecified atom stereocenters. The summed E-state index contributed by atoms with van der Waals surface area (Å²) in [5.41, 5.74) is 1.58. The zero-order valence-electron chi connectivity index (χ0n) is 13.5. The molecule has 0 aliphatic carbocycles. The van der Waals surface area contributed by atoms with Crippen LogP contribution in [0.15, 0.2) is 54.6 Å². The summed E-state index contributed by atoms with van der Waals surface area (Å²) in [4.78, 5) is 26.1. The van der Waals surface area contributed by atoms with E-state index in [1.54, 1.807) is 55.6 Å². The summed E-state index contributed by atoms with van der Waals surface area (Å²) in [5.74, 6) is 0.701.